The van der Waals surface area contributed by atoms with Crippen LogP contribution < -0.4 is 25.4 Å². The molecule has 2 aromatic rings. The molecule has 3 N–H and O–H groups in total. The van der Waals surface area contributed by atoms with Gasteiger partial charge in [0.15, 0.2) is 11.5 Å². The average Bonchev–Trinajstić information content (AvgIpc) is 2.61. The van der Waals surface area contributed by atoms with Crippen molar-refractivity contribution in [2.24, 2.45) is 0 Å². The largest absolute Gasteiger partial charge is 0.486 e. The molecule has 0 saturated carbocycles. The van der Waals surface area contributed by atoms with Gasteiger partial charge in [0, 0.05) is 17.4 Å². The van der Waals surface area contributed by atoms with Gasteiger partial charge in [0.2, 0.25) is 5.91 Å². The quantitative estimate of drug-likeness (QED) is 0.803. The summed E-state index contributed by atoms with van der Waals surface area (Å²) in [5, 5.41) is 7.83. The fourth-order valence-electron chi connectivity index (χ4n) is 2.18. The maximum atomic E-state index is 11.9. The fraction of sp³-hybridized carbons (Fsp3) is 0.176. The molecule has 124 valence electrons. The van der Waals surface area contributed by atoms with Crippen molar-refractivity contribution in [3.63, 3.8) is 0 Å². The van der Waals surface area contributed by atoms with Crippen LogP contribution in [-0.4, -0.2) is 31.7 Å². The number of urea groups is 1. The molecule has 3 amide bonds. The number of hydrogen-bond donors (Lipinski definition) is 3. The SMILES string of the molecule is O=C(CNC(=O)Nc1ccccc1)Nc1ccc2c(c1)OCCO2. The second kappa shape index (κ2) is 7.36. The minimum absolute atomic E-state index is 0.146. The van der Waals surface area contributed by atoms with Crippen LogP contribution in [-0.2, 0) is 4.79 Å². The molecule has 0 saturated heterocycles. The van der Waals surface area contributed by atoms with Gasteiger partial charge in [-0.25, -0.2) is 4.79 Å². The maximum Gasteiger partial charge on any atom is 0.319 e. The standard InChI is InChI=1S/C17H17N3O4/c21-16(11-18-17(22)20-12-4-2-1-3-5-12)19-13-6-7-14-15(10-13)24-9-8-23-14/h1-7,10H,8-9,11H2,(H,19,21)(H2,18,20,22). The van der Waals surface area contributed by atoms with E-state index in [1.54, 1.807) is 30.3 Å². The number of carbonyl (C=O) groups excluding carboxylic acids is 2. The molecule has 0 spiro atoms. The molecule has 1 aliphatic rings. The van der Waals surface area contributed by atoms with Crippen LogP contribution in [0.1, 0.15) is 0 Å². The molecule has 7 heteroatoms. The third kappa shape index (κ3) is 4.16. The van der Waals surface area contributed by atoms with Crippen molar-refractivity contribution < 1.29 is 19.1 Å². The van der Waals surface area contributed by atoms with Crippen LogP contribution in [0.5, 0.6) is 11.5 Å². The molecule has 3 rings (SSSR count). The monoisotopic (exact) mass is 327 g/mol. The predicted molar refractivity (Wildman–Crippen MR) is 89.5 cm³/mol. The van der Waals surface area contributed by atoms with E-state index in [-0.39, 0.29) is 12.5 Å². The summed E-state index contributed by atoms with van der Waals surface area (Å²) < 4.78 is 10.9. The summed E-state index contributed by atoms with van der Waals surface area (Å²) in [6.45, 7) is 0.845. The molecule has 0 bridgehead atoms. The summed E-state index contributed by atoms with van der Waals surface area (Å²) in [5.74, 6) is 0.906. The molecule has 0 aliphatic carbocycles. The number of carbonyl (C=O) groups is 2. The number of hydrogen-bond acceptors (Lipinski definition) is 4. The fourth-order valence-corrected chi connectivity index (χ4v) is 2.18. The van der Waals surface area contributed by atoms with E-state index in [4.69, 9.17) is 9.47 Å². The number of anilines is 2. The van der Waals surface area contributed by atoms with Crippen LogP contribution in [0.3, 0.4) is 0 Å². The van der Waals surface area contributed by atoms with Crippen LogP contribution >= 0.6 is 0 Å². The molecule has 1 heterocycles. The first-order chi connectivity index (χ1) is 11.7. The summed E-state index contributed by atoms with van der Waals surface area (Å²) in [6.07, 6.45) is 0. The highest BCUT2D eigenvalue weighted by molar-refractivity contribution is 5.97. The molecular formula is C17H17N3O4. The Morgan fingerprint density at radius 3 is 2.42 bits per heavy atom. The molecule has 7 nitrogen and oxygen atoms in total. The van der Waals surface area contributed by atoms with Crippen LogP contribution in [0, 0.1) is 0 Å². The van der Waals surface area contributed by atoms with Gasteiger partial charge in [-0.05, 0) is 24.3 Å². The number of ether oxygens (including phenoxy) is 2. The van der Waals surface area contributed by atoms with E-state index in [0.717, 1.165) is 0 Å². The molecule has 24 heavy (non-hydrogen) atoms. The van der Waals surface area contributed by atoms with Crippen molar-refractivity contribution in [1.29, 1.82) is 0 Å². The van der Waals surface area contributed by atoms with Gasteiger partial charge in [-0.3, -0.25) is 4.79 Å². The second-order valence-corrected chi connectivity index (χ2v) is 5.08. The van der Waals surface area contributed by atoms with E-state index in [1.807, 2.05) is 18.2 Å². The number of nitrogens with one attached hydrogen (secondary N) is 3. The Labute approximate surface area is 139 Å². The summed E-state index contributed by atoms with van der Waals surface area (Å²) in [7, 11) is 0. The van der Waals surface area contributed by atoms with E-state index < -0.39 is 6.03 Å². The van der Waals surface area contributed by atoms with Crippen molar-refractivity contribution in [3.05, 3.63) is 48.5 Å². The lowest BCUT2D eigenvalue weighted by molar-refractivity contribution is -0.115. The Hall–Kier alpha value is -3.22. The highest BCUT2D eigenvalue weighted by Crippen LogP contribution is 2.32. The maximum absolute atomic E-state index is 11.9. The average molecular weight is 327 g/mol. The molecule has 1 aliphatic heterocycles. The van der Waals surface area contributed by atoms with Crippen LogP contribution in [0.25, 0.3) is 0 Å². The number of fused-ring (bicyclic) bond motifs is 1. The van der Waals surface area contributed by atoms with E-state index in [0.29, 0.717) is 36.1 Å². The molecule has 2 aromatic carbocycles. The summed E-state index contributed by atoms with van der Waals surface area (Å²) in [4.78, 5) is 23.6. The van der Waals surface area contributed by atoms with E-state index >= 15 is 0 Å². The highest BCUT2D eigenvalue weighted by Gasteiger charge is 2.13. The van der Waals surface area contributed by atoms with Gasteiger partial charge in [0.05, 0.1) is 6.54 Å². The molecule has 0 unspecified atom stereocenters. The number of rotatable bonds is 4. The topological polar surface area (TPSA) is 88.7 Å². The van der Waals surface area contributed by atoms with Gasteiger partial charge in [-0.2, -0.15) is 0 Å². The van der Waals surface area contributed by atoms with Gasteiger partial charge in [-0.15, -0.1) is 0 Å². The first-order valence-electron chi connectivity index (χ1n) is 7.50. The predicted octanol–water partition coefficient (Wildman–Crippen LogP) is 2.22. The number of para-hydroxylation sites is 1. The van der Waals surface area contributed by atoms with Gasteiger partial charge in [0.25, 0.3) is 0 Å². The Bertz CT molecular complexity index is 734. The first kappa shape index (κ1) is 15.7. The third-order valence-electron chi connectivity index (χ3n) is 3.27. The summed E-state index contributed by atoms with van der Waals surface area (Å²) in [5.41, 5.74) is 1.23. The minimum Gasteiger partial charge on any atom is -0.486 e. The number of amides is 3. The molecule has 0 radical (unpaired) electrons. The Kier molecular flexibility index (Phi) is 4.81. The highest BCUT2D eigenvalue weighted by atomic mass is 16.6. The zero-order valence-electron chi connectivity index (χ0n) is 12.9. The van der Waals surface area contributed by atoms with Crippen molar-refractivity contribution in [3.8, 4) is 11.5 Å². The summed E-state index contributed by atoms with van der Waals surface area (Å²) >= 11 is 0. The normalized spacial score (nSPS) is 12.2. The summed E-state index contributed by atoms with van der Waals surface area (Å²) in [6, 6.07) is 13.7. The third-order valence-corrected chi connectivity index (χ3v) is 3.27. The lowest BCUT2D eigenvalue weighted by Gasteiger charge is -2.19. The second-order valence-electron chi connectivity index (χ2n) is 5.08. The van der Waals surface area contributed by atoms with Crippen molar-refractivity contribution >= 4 is 23.3 Å². The van der Waals surface area contributed by atoms with Gasteiger partial charge < -0.3 is 25.4 Å². The Morgan fingerprint density at radius 2 is 1.62 bits per heavy atom. The van der Waals surface area contributed by atoms with Gasteiger partial charge in [0.1, 0.15) is 13.2 Å². The van der Waals surface area contributed by atoms with Crippen LogP contribution in [0.2, 0.25) is 0 Å². The van der Waals surface area contributed by atoms with Crippen LogP contribution in [0.15, 0.2) is 48.5 Å². The molecule has 0 atom stereocenters. The zero-order valence-corrected chi connectivity index (χ0v) is 12.9. The van der Waals surface area contributed by atoms with Gasteiger partial charge >= 0.3 is 6.03 Å². The lowest BCUT2D eigenvalue weighted by atomic mass is 10.2. The lowest BCUT2D eigenvalue weighted by Crippen LogP contribution is -2.35. The molecular weight excluding hydrogens is 310 g/mol. The Morgan fingerprint density at radius 1 is 0.875 bits per heavy atom. The van der Waals surface area contributed by atoms with Crippen molar-refractivity contribution in [2.75, 3.05) is 30.4 Å². The zero-order chi connectivity index (χ0) is 16.8. The minimum atomic E-state index is -0.446. The van der Waals surface area contributed by atoms with E-state index in [1.165, 1.54) is 0 Å². The molecule has 0 aromatic heterocycles. The Balaban J connectivity index is 1.48. The van der Waals surface area contributed by atoms with E-state index in [9.17, 15) is 9.59 Å². The molecule has 0 fully saturated rings. The van der Waals surface area contributed by atoms with E-state index in [2.05, 4.69) is 16.0 Å². The van der Waals surface area contributed by atoms with Crippen molar-refractivity contribution in [1.82, 2.24) is 5.32 Å². The smallest absolute Gasteiger partial charge is 0.319 e. The number of benzene rings is 2. The van der Waals surface area contributed by atoms with Crippen LogP contribution in [0.4, 0.5) is 16.2 Å². The first-order valence-corrected chi connectivity index (χ1v) is 7.50. The van der Waals surface area contributed by atoms with Gasteiger partial charge in [-0.1, -0.05) is 18.2 Å². The van der Waals surface area contributed by atoms with Crippen molar-refractivity contribution in [2.45, 2.75) is 0 Å².